The van der Waals surface area contributed by atoms with Crippen LogP contribution in [0.1, 0.15) is 12.8 Å². The van der Waals surface area contributed by atoms with Crippen molar-refractivity contribution in [1.29, 1.82) is 0 Å². The molecule has 4 aliphatic carbocycles. The van der Waals surface area contributed by atoms with E-state index in [1.165, 1.54) is 6.33 Å². The predicted octanol–water partition coefficient (Wildman–Crippen LogP) is 2.88. The summed E-state index contributed by atoms with van der Waals surface area (Å²) in [6, 6.07) is 7.54. The van der Waals surface area contributed by atoms with Gasteiger partial charge in [0.15, 0.2) is 0 Å². The number of hydrogen-bond acceptors (Lipinski definition) is 5. The molecule has 7 heteroatoms. The van der Waals surface area contributed by atoms with Crippen molar-refractivity contribution in [2.24, 2.45) is 23.2 Å². The van der Waals surface area contributed by atoms with Gasteiger partial charge in [-0.2, -0.15) is 0 Å². The van der Waals surface area contributed by atoms with E-state index in [1.807, 2.05) is 24.3 Å². The first-order chi connectivity index (χ1) is 12.1. The topological polar surface area (TPSA) is 64.1 Å². The van der Waals surface area contributed by atoms with Crippen LogP contribution in [0.4, 0.5) is 14.6 Å². The van der Waals surface area contributed by atoms with Gasteiger partial charge in [-0.1, -0.05) is 12.1 Å². The van der Waals surface area contributed by atoms with E-state index in [0.717, 1.165) is 10.9 Å². The van der Waals surface area contributed by atoms with Gasteiger partial charge < -0.3 is 10.1 Å². The van der Waals surface area contributed by atoms with E-state index in [0.29, 0.717) is 25.2 Å². The zero-order chi connectivity index (χ0) is 17.2. The SMILES string of the molecule is O=C(OCCNc1ncnc2ccccc12)C12C3CC(CC31)C2(F)F. The van der Waals surface area contributed by atoms with Gasteiger partial charge in [-0.15, -0.1) is 0 Å². The third kappa shape index (κ3) is 1.78. The van der Waals surface area contributed by atoms with E-state index in [-0.39, 0.29) is 18.4 Å². The van der Waals surface area contributed by atoms with Crippen molar-refractivity contribution in [3.05, 3.63) is 30.6 Å². The lowest BCUT2D eigenvalue weighted by atomic mass is 9.99. The summed E-state index contributed by atoms with van der Waals surface area (Å²) in [4.78, 5) is 20.7. The molecule has 0 amide bonds. The smallest absolute Gasteiger partial charge is 0.318 e. The average molecular weight is 345 g/mol. The second-order valence-corrected chi connectivity index (χ2v) is 7.18. The first-order valence-electron chi connectivity index (χ1n) is 8.55. The molecule has 6 rings (SSSR count). The van der Waals surface area contributed by atoms with Crippen LogP contribution in [0.5, 0.6) is 0 Å². The highest BCUT2D eigenvalue weighted by atomic mass is 19.3. The van der Waals surface area contributed by atoms with Gasteiger partial charge in [0.1, 0.15) is 24.2 Å². The van der Waals surface area contributed by atoms with Gasteiger partial charge in [0.05, 0.1) is 12.1 Å². The maximum Gasteiger partial charge on any atom is 0.318 e. The monoisotopic (exact) mass is 345 g/mol. The highest BCUT2D eigenvalue weighted by Crippen LogP contribution is 2.84. The number of carbonyl (C=O) groups is 1. The summed E-state index contributed by atoms with van der Waals surface area (Å²) in [5.74, 6) is -3.94. The minimum atomic E-state index is -2.89. The maximum atomic E-state index is 14.3. The molecule has 1 N–H and O–H groups in total. The molecule has 5 nitrogen and oxygen atoms in total. The third-order valence-corrected chi connectivity index (χ3v) is 6.20. The molecule has 2 atom stereocenters. The Kier molecular flexibility index (Phi) is 2.92. The molecule has 1 aromatic heterocycles. The minimum absolute atomic E-state index is 0.0408. The van der Waals surface area contributed by atoms with Crippen LogP contribution in [0.2, 0.25) is 0 Å². The van der Waals surface area contributed by atoms with Crippen molar-refractivity contribution in [3.63, 3.8) is 0 Å². The van der Waals surface area contributed by atoms with Gasteiger partial charge in [0.25, 0.3) is 5.92 Å². The second-order valence-electron chi connectivity index (χ2n) is 7.18. The second kappa shape index (κ2) is 4.86. The Hall–Kier alpha value is -2.31. The van der Waals surface area contributed by atoms with Crippen LogP contribution in [0.15, 0.2) is 30.6 Å². The number of aromatic nitrogens is 2. The van der Waals surface area contributed by atoms with E-state index >= 15 is 0 Å². The van der Waals surface area contributed by atoms with Crippen LogP contribution in [-0.2, 0) is 9.53 Å². The normalized spacial score (nSPS) is 33.4. The fourth-order valence-electron chi connectivity index (χ4n) is 5.09. The Morgan fingerprint density at radius 1 is 1.24 bits per heavy atom. The molecule has 0 radical (unpaired) electrons. The largest absolute Gasteiger partial charge is 0.463 e. The Morgan fingerprint density at radius 3 is 2.72 bits per heavy atom. The molecule has 0 saturated heterocycles. The number of halogens is 2. The van der Waals surface area contributed by atoms with Crippen LogP contribution in [0.3, 0.4) is 0 Å². The van der Waals surface area contributed by atoms with E-state index < -0.39 is 23.2 Å². The average Bonchev–Trinajstić information content (AvgIpc) is 2.86. The van der Waals surface area contributed by atoms with Gasteiger partial charge in [-0.3, -0.25) is 4.79 Å². The number of ether oxygens (including phenoxy) is 1. The fourth-order valence-corrected chi connectivity index (χ4v) is 5.09. The number of hydrogen-bond donors (Lipinski definition) is 1. The molecule has 4 saturated carbocycles. The molecule has 2 unspecified atom stereocenters. The van der Waals surface area contributed by atoms with Crippen LogP contribution in [0.25, 0.3) is 10.9 Å². The van der Waals surface area contributed by atoms with Crippen molar-refractivity contribution < 1.29 is 18.3 Å². The van der Waals surface area contributed by atoms with Crippen molar-refractivity contribution in [2.45, 2.75) is 18.8 Å². The van der Waals surface area contributed by atoms with Crippen LogP contribution in [-0.4, -0.2) is 35.0 Å². The highest BCUT2D eigenvalue weighted by Gasteiger charge is 2.92. The van der Waals surface area contributed by atoms with E-state index in [2.05, 4.69) is 15.3 Å². The number of fused-ring (bicyclic) bond motifs is 1. The third-order valence-electron chi connectivity index (χ3n) is 6.20. The summed E-state index contributed by atoms with van der Waals surface area (Å²) >= 11 is 0. The van der Waals surface area contributed by atoms with Crippen molar-refractivity contribution in [3.8, 4) is 0 Å². The number of para-hydroxylation sites is 1. The first kappa shape index (κ1) is 15.0. The lowest BCUT2D eigenvalue weighted by molar-refractivity contribution is -0.167. The number of alkyl halides is 2. The highest BCUT2D eigenvalue weighted by molar-refractivity contribution is 5.88. The summed E-state index contributed by atoms with van der Waals surface area (Å²) in [6.07, 6.45) is 2.40. The molecule has 4 aliphatic rings. The lowest BCUT2D eigenvalue weighted by Gasteiger charge is -2.21. The first-order valence-corrected chi connectivity index (χ1v) is 8.55. The van der Waals surface area contributed by atoms with E-state index in [9.17, 15) is 13.6 Å². The van der Waals surface area contributed by atoms with Gasteiger partial charge in [-0.05, 0) is 36.8 Å². The number of anilines is 1. The standard InChI is InChI=1S/C18H17F2N3O2/c19-18(20)10-7-12-13(8-10)17(12,18)16(24)25-6-5-21-15-11-3-1-2-4-14(11)22-9-23-15/h1-4,9-10,12-13H,5-8H2,(H,21,22,23). The van der Waals surface area contributed by atoms with Crippen molar-refractivity contribution >= 4 is 22.7 Å². The molecule has 4 fully saturated rings. The Bertz CT molecular complexity index is 855. The number of benzene rings is 1. The Balaban J connectivity index is 1.22. The summed E-state index contributed by atoms with van der Waals surface area (Å²) in [5, 5.41) is 3.95. The maximum absolute atomic E-state index is 14.3. The lowest BCUT2D eigenvalue weighted by Crippen LogP contribution is -2.37. The van der Waals surface area contributed by atoms with Crippen LogP contribution < -0.4 is 5.32 Å². The Labute approximate surface area is 142 Å². The van der Waals surface area contributed by atoms with E-state index in [4.69, 9.17) is 4.74 Å². The number of carbonyl (C=O) groups excluding carboxylic acids is 1. The Morgan fingerprint density at radius 2 is 2.00 bits per heavy atom. The number of rotatable bonds is 5. The fraction of sp³-hybridized carbons (Fsp3) is 0.500. The predicted molar refractivity (Wildman–Crippen MR) is 86.1 cm³/mol. The molecule has 130 valence electrons. The number of esters is 1. The van der Waals surface area contributed by atoms with Gasteiger partial charge in [-0.25, -0.2) is 18.7 Å². The molecule has 0 aliphatic heterocycles. The van der Waals surface area contributed by atoms with Gasteiger partial charge >= 0.3 is 5.97 Å². The molecule has 1 heterocycles. The van der Waals surface area contributed by atoms with Crippen LogP contribution in [0, 0.1) is 23.2 Å². The molecule has 4 bridgehead atoms. The molecule has 2 aromatic rings. The van der Waals surface area contributed by atoms with Crippen molar-refractivity contribution in [1.82, 2.24) is 9.97 Å². The molecular formula is C18H17F2N3O2. The minimum Gasteiger partial charge on any atom is -0.463 e. The quantitative estimate of drug-likeness (QED) is 0.667. The van der Waals surface area contributed by atoms with Gasteiger partial charge in [0.2, 0.25) is 0 Å². The summed E-state index contributed by atoms with van der Waals surface area (Å²) < 4.78 is 33.9. The molecule has 25 heavy (non-hydrogen) atoms. The van der Waals surface area contributed by atoms with Gasteiger partial charge in [0, 0.05) is 11.3 Å². The molecule has 0 spiro atoms. The summed E-state index contributed by atoms with van der Waals surface area (Å²) in [7, 11) is 0. The van der Waals surface area contributed by atoms with Crippen molar-refractivity contribution in [2.75, 3.05) is 18.5 Å². The number of nitrogens with zero attached hydrogens (tertiary/aromatic N) is 2. The van der Waals surface area contributed by atoms with E-state index in [1.54, 1.807) is 0 Å². The number of nitrogens with one attached hydrogen (secondary N) is 1. The zero-order valence-electron chi connectivity index (χ0n) is 13.4. The molecular weight excluding hydrogens is 328 g/mol. The zero-order valence-corrected chi connectivity index (χ0v) is 13.4. The summed E-state index contributed by atoms with van der Waals surface area (Å²) in [6.45, 7) is 0.353. The molecule has 1 aromatic carbocycles. The summed E-state index contributed by atoms with van der Waals surface area (Å²) in [5.41, 5.74) is -0.707. The van der Waals surface area contributed by atoms with Crippen LogP contribution >= 0.6 is 0 Å².